The van der Waals surface area contributed by atoms with Gasteiger partial charge in [-0.3, -0.25) is 0 Å². The maximum Gasteiger partial charge on any atom is 0.0677 e. The smallest absolute Gasteiger partial charge is 0.0677 e. The van der Waals surface area contributed by atoms with Crippen LogP contribution in [0.25, 0.3) is 0 Å². The Bertz CT molecular complexity index is 263. The van der Waals surface area contributed by atoms with Crippen molar-refractivity contribution in [1.82, 2.24) is 4.90 Å². The number of likely N-dealkylation sites (tertiary alicyclic amines) is 1. The van der Waals surface area contributed by atoms with Crippen molar-refractivity contribution in [3.63, 3.8) is 0 Å². The van der Waals surface area contributed by atoms with E-state index in [2.05, 4.69) is 4.90 Å². The lowest BCUT2D eigenvalue weighted by Gasteiger charge is -2.50. The van der Waals surface area contributed by atoms with Crippen LogP contribution in [-0.2, 0) is 9.47 Å². The average molecular weight is 239 g/mol. The molecular formula is C14H25NO2. The summed E-state index contributed by atoms with van der Waals surface area (Å²) in [5, 5.41) is 0. The first-order valence-corrected chi connectivity index (χ1v) is 7.15. The SMILES string of the molecule is COCC12CCCOC1CCN(CC1CC1)C2. The second kappa shape index (κ2) is 4.87. The molecule has 3 fully saturated rings. The van der Waals surface area contributed by atoms with Gasteiger partial charge in [0.05, 0.1) is 12.7 Å². The van der Waals surface area contributed by atoms with E-state index in [0.717, 1.165) is 19.1 Å². The fourth-order valence-corrected chi connectivity index (χ4v) is 3.70. The Morgan fingerprint density at radius 3 is 3.00 bits per heavy atom. The maximum absolute atomic E-state index is 6.00. The molecule has 3 rings (SSSR count). The van der Waals surface area contributed by atoms with Gasteiger partial charge in [0.25, 0.3) is 0 Å². The molecule has 1 saturated carbocycles. The number of methoxy groups -OCH3 is 1. The summed E-state index contributed by atoms with van der Waals surface area (Å²) in [5.41, 5.74) is 0.292. The van der Waals surface area contributed by atoms with E-state index < -0.39 is 0 Å². The number of rotatable bonds is 4. The van der Waals surface area contributed by atoms with Crippen molar-refractivity contribution in [3.8, 4) is 0 Å². The average Bonchev–Trinajstić information content (AvgIpc) is 3.13. The van der Waals surface area contributed by atoms with Crippen LogP contribution in [0.2, 0.25) is 0 Å². The fourth-order valence-electron chi connectivity index (χ4n) is 3.70. The van der Waals surface area contributed by atoms with Gasteiger partial charge in [0.1, 0.15) is 0 Å². The molecule has 2 saturated heterocycles. The van der Waals surface area contributed by atoms with Crippen molar-refractivity contribution in [2.75, 3.05) is 40.0 Å². The molecule has 3 heteroatoms. The van der Waals surface area contributed by atoms with E-state index in [-0.39, 0.29) is 0 Å². The Morgan fingerprint density at radius 2 is 2.24 bits per heavy atom. The summed E-state index contributed by atoms with van der Waals surface area (Å²) in [6.07, 6.45) is 7.05. The third kappa shape index (κ3) is 2.51. The number of hydrogen-bond acceptors (Lipinski definition) is 3. The topological polar surface area (TPSA) is 21.7 Å². The zero-order valence-corrected chi connectivity index (χ0v) is 11.0. The molecule has 0 amide bonds. The van der Waals surface area contributed by atoms with Crippen LogP contribution in [0.4, 0.5) is 0 Å². The van der Waals surface area contributed by atoms with Crippen molar-refractivity contribution < 1.29 is 9.47 Å². The quantitative estimate of drug-likeness (QED) is 0.748. The van der Waals surface area contributed by atoms with Crippen LogP contribution in [0.5, 0.6) is 0 Å². The van der Waals surface area contributed by atoms with Crippen molar-refractivity contribution in [2.24, 2.45) is 11.3 Å². The molecule has 3 nitrogen and oxygen atoms in total. The molecule has 2 unspecified atom stereocenters. The van der Waals surface area contributed by atoms with Gasteiger partial charge in [0.2, 0.25) is 0 Å². The largest absolute Gasteiger partial charge is 0.384 e. The molecule has 2 aliphatic heterocycles. The van der Waals surface area contributed by atoms with Crippen LogP contribution in [0, 0.1) is 11.3 Å². The van der Waals surface area contributed by atoms with Crippen LogP contribution >= 0.6 is 0 Å². The van der Waals surface area contributed by atoms with Gasteiger partial charge in [-0.1, -0.05) is 0 Å². The predicted molar refractivity (Wildman–Crippen MR) is 67.1 cm³/mol. The van der Waals surface area contributed by atoms with E-state index in [9.17, 15) is 0 Å². The monoisotopic (exact) mass is 239 g/mol. The predicted octanol–water partition coefficient (Wildman–Crippen LogP) is 1.91. The van der Waals surface area contributed by atoms with E-state index in [4.69, 9.17) is 9.47 Å². The van der Waals surface area contributed by atoms with Gasteiger partial charge < -0.3 is 14.4 Å². The minimum absolute atomic E-state index is 0.292. The highest BCUT2D eigenvalue weighted by Crippen LogP contribution is 2.41. The minimum atomic E-state index is 0.292. The fraction of sp³-hybridized carbons (Fsp3) is 1.00. The lowest BCUT2D eigenvalue weighted by atomic mass is 9.73. The molecule has 17 heavy (non-hydrogen) atoms. The molecule has 98 valence electrons. The van der Waals surface area contributed by atoms with Gasteiger partial charge in [-0.25, -0.2) is 0 Å². The van der Waals surface area contributed by atoms with Crippen LogP contribution in [-0.4, -0.2) is 51.0 Å². The van der Waals surface area contributed by atoms with Gasteiger partial charge in [-0.2, -0.15) is 0 Å². The number of nitrogens with zero attached hydrogens (tertiary/aromatic N) is 1. The van der Waals surface area contributed by atoms with Gasteiger partial charge in [0, 0.05) is 38.8 Å². The summed E-state index contributed by atoms with van der Waals surface area (Å²) in [6.45, 7) is 5.57. The first-order chi connectivity index (χ1) is 8.32. The first-order valence-electron chi connectivity index (χ1n) is 7.15. The van der Waals surface area contributed by atoms with E-state index >= 15 is 0 Å². The summed E-state index contributed by atoms with van der Waals surface area (Å²) in [4.78, 5) is 2.67. The Morgan fingerprint density at radius 1 is 1.35 bits per heavy atom. The Balaban J connectivity index is 1.66. The van der Waals surface area contributed by atoms with Crippen LogP contribution in [0.15, 0.2) is 0 Å². The van der Waals surface area contributed by atoms with Crippen molar-refractivity contribution in [3.05, 3.63) is 0 Å². The van der Waals surface area contributed by atoms with Crippen molar-refractivity contribution >= 4 is 0 Å². The summed E-state index contributed by atoms with van der Waals surface area (Å²) >= 11 is 0. The molecule has 0 aromatic heterocycles. The standard InChI is InChI=1S/C14H25NO2/c1-16-11-14-6-2-8-17-13(14)5-7-15(10-14)9-12-3-4-12/h12-13H,2-11H2,1H3. The Kier molecular flexibility index (Phi) is 3.42. The van der Waals surface area contributed by atoms with E-state index in [1.165, 1.54) is 51.7 Å². The van der Waals surface area contributed by atoms with E-state index in [1.54, 1.807) is 0 Å². The summed E-state index contributed by atoms with van der Waals surface area (Å²) in [7, 11) is 1.83. The third-order valence-electron chi connectivity index (χ3n) is 4.71. The van der Waals surface area contributed by atoms with Crippen molar-refractivity contribution in [2.45, 2.75) is 38.2 Å². The van der Waals surface area contributed by atoms with E-state index in [1.807, 2.05) is 7.11 Å². The summed E-state index contributed by atoms with van der Waals surface area (Å²) in [5.74, 6) is 0.996. The second-order valence-electron chi connectivity index (χ2n) is 6.23. The Labute approximate surface area is 104 Å². The second-order valence-corrected chi connectivity index (χ2v) is 6.23. The minimum Gasteiger partial charge on any atom is -0.384 e. The molecule has 0 aromatic rings. The normalized spacial score (nSPS) is 39.0. The Hall–Kier alpha value is -0.120. The van der Waals surface area contributed by atoms with E-state index in [0.29, 0.717) is 11.5 Å². The summed E-state index contributed by atoms with van der Waals surface area (Å²) < 4.78 is 11.5. The first kappa shape index (κ1) is 11.9. The lowest BCUT2D eigenvalue weighted by Crippen LogP contribution is -2.57. The maximum atomic E-state index is 6.00. The lowest BCUT2D eigenvalue weighted by molar-refractivity contribution is -0.148. The zero-order valence-electron chi connectivity index (χ0n) is 11.0. The molecule has 0 aromatic carbocycles. The highest BCUT2D eigenvalue weighted by atomic mass is 16.5. The van der Waals surface area contributed by atoms with Gasteiger partial charge in [0.15, 0.2) is 0 Å². The molecule has 0 radical (unpaired) electrons. The molecule has 0 N–H and O–H groups in total. The molecule has 0 spiro atoms. The number of fused-ring (bicyclic) bond motifs is 1. The highest BCUT2D eigenvalue weighted by molar-refractivity contribution is 4.97. The van der Waals surface area contributed by atoms with Crippen LogP contribution < -0.4 is 0 Å². The molecular weight excluding hydrogens is 214 g/mol. The molecule has 2 heterocycles. The zero-order chi connectivity index (χ0) is 11.7. The van der Waals surface area contributed by atoms with Crippen LogP contribution in [0.3, 0.4) is 0 Å². The molecule has 1 aliphatic carbocycles. The number of ether oxygens (including phenoxy) is 2. The van der Waals surface area contributed by atoms with Gasteiger partial charge in [-0.15, -0.1) is 0 Å². The third-order valence-corrected chi connectivity index (χ3v) is 4.71. The summed E-state index contributed by atoms with van der Waals surface area (Å²) in [6, 6.07) is 0. The molecule has 0 bridgehead atoms. The van der Waals surface area contributed by atoms with Crippen LogP contribution in [0.1, 0.15) is 32.1 Å². The number of hydrogen-bond donors (Lipinski definition) is 0. The molecule has 3 aliphatic rings. The van der Waals surface area contributed by atoms with Gasteiger partial charge in [-0.05, 0) is 38.0 Å². The van der Waals surface area contributed by atoms with Gasteiger partial charge >= 0.3 is 0 Å². The molecule has 2 atom stereocenters. The van der Waals surface area contributed by atoms with Crippen molar-refractivity contribution in [1.29, 1.82) is 0 Å². The highest BCUT2D eigenvalue weighted by Gasteiger charge is 2.46. The number of piperidine rings is 1.